The Morgan fingerprint density at radius 2 is 1.86 bits per heavy atom. The van der Waals surface area contributed by atoms with E-state index in [9.17, 15) is 18.5 Å². The van der Waals surface area contributed by atoms with Gasteiger partial charge in [0.05, 0.1) is 35.4 Å². The lowest BCUT2D eigenvalue weighted by atomic mass is 10.1. The van der Waals surface area contributed by atoms with E-state index in [-0.39, 0.29) is 36.6 Å². The molecule has 2 aliphatic rings. The molecule has 1 aromatic carbocycles. The first-order chi connectivity index (χ1) is 13.9. The molecular weight excluding hydrogens is 394 g/mol. The van der Waals surface area contributed by atoms with Crippen LogP contribution in [-0.4, -0.2) is 79.1 Å². The summed E-state index contributed by atoms with van der Waals surface area (Å²) in [6.07, 6.45) is 2.23. The standard InChI is InChI=1S/C19H21N5O4S/c1-13-11-24(15-3-2-14(10-20)17-18(15)22-5-4-21-17)12-16(28-13)19(25)23-6-8-29(26,27)9-7-23/h2-5,13,16H,6-9,11-12H2,1H3/t13-,16-/m1/s1. The predicted octanol–water partition coefficient (Wildman–Crippen LogP) is 0.352. The molecule has 0 bridgehead atoms. The van der Waals surface area contributed by atoms with Gasteiger partial charge in [0.1, 0.15) is 17.1 Å². The van der Waals surface area contributed by atoms with Crippen LogP contribution in [0.25, 0.3) is 11.0 Å². The summed E-state index contributed by atoms with van der Waals surface area (Å²) < 4.78 is 29.2. The molecule has 3 heterocycles. The van der Waals surface area contributed by atoms with Crippen LogP contribution in [0.2, 0.25) is 0 Å². The minimum Gasteiger partial charge on any atom is -0.364 e. The number of morpholine rings is 1. The highest BCUT2D eigenvalue weighted by atomic mass is 32.2. The third-order valence-corrected chi connectivity index (χ3v) is 6.87. The van der Waals surface area contributed by atoms with Crippen molar-refractivity contribution < 1.29 is 17.9 Å². The SMILES string of the molecule is C[C@@H]1CN(c2ccc(C#N)c3nccnc23)C[C@H](C(=O)N2CCS(=O)(=O)CC2)O1. The number of benzene rings is 1. The average Bonchev–Trinajstić information content (AvgIpc) is 2.72. The molecule has 2 atom stereocenters. The van der Waals surface area contributed by atoms with Crippen LogP contribution in [0.4, 0.5) is 5.69 Å². The van der Waals surface area contributed by atoms with E-state index in [0.29, 0.717) is 29.7 Å². The summed E-state index contributed by atoms with van der Waals surface area (Å²) in [5, 5.41) is 9.33. The van der Waals surface area contributed by atoms with E-state index in [0.717, 1.165) is 5.69 Å². The maximum Gasteiger partial charge on any atom is 0.253 e. The highest BCUT2D eigenvalue weighted by molar-refractivity contribution is 7.91. The summed E-state index contributed by atoms with van der Waals surface area (Å²) in [5.74, 6) is -0.221. The molecule has 2 aliphatic heterocycles. The first kappa shape index (κ1) is 19.5. The Morgan fingerprint density at radius 1 is 1.17 bits per heavy atom. The number of nitrogens with zero attached hydrogens (tertiary/aromatic N) is 5. The minimum atomic E-state index is -3.06. The van der Waals surface area contributed by atoms with Gasteiger partial charge in [-0.15, -0.1) is 0 Å². The van der Waals surface area contributed by atoms with Crippen LogP contribution in [-0.2, 0) is 19.4 Å². The van der Waals surface area contributed by atoms with E-state index in [1.807, 2.05) is 17.9 Å². The molecular formula is C19H21N5O4S. The topological polar surface area (TPSA) is 116 Å². The lowest BCUT2D eigenvalue weighted by Gasteiger charge is -2.40. The molecule has 0 spiro atoms. The van der Waals surface area contributed by atoms with Crippen LogP contribution in [0, 0.1) is 11.3 Å². The van der Waals surface area contributed by atoms with E-state index in [1.54, 1.807) is 23.4 Å². The molecule has 2 aromatic rings. The van der Waals surface area contributed by atoms with Gasteiger partial charge in [0.25, 0.3) is 5.91 Å². The van der Waals surface area contributed by atoms with Crippen LogP contribution in [0.1, 0.15) is 12.5 Å². The summed E-state index contributed by atoms with van der Waals surface area (Å²) in [6.45, 7) is 3.17. The number of hydrogen-bond donors (Lipinski definition) is 0. The van der Waals surface area contributed by atoms with E-state index in [2.05, 4.69) is 16.0 Å². The van der Waals surface area contributed by atoms with Gasteiger partial charge in [-0.05, 0) is 19.1 Å². The Labute approximate surface area is 168 Å². The second-order valence-corrected chi connectivity index (χ2v) is 9.62. The van der Waals surface area contributed by atoms with Gasteiger partial charge in [0, 0.05) is 32.0 Å². The minimum absolute atomic E-state index is 0.0133. The Balaban J connectivity index is 1.60. The maximum absolute atomic E-state index is 13.0. The number of aromatic nitrogens is 2. The van der Waals surface area contributed by atoms with Crippen molar-refractivity contribution >= 4 is 32.5 Å². The average molecular weight is 415 g/mol. The zero-order valence-corrected chi connectivity index (χ0v) is 16.8. The fourth-order valence-electron chi connectivity index (χ4n) is 3.81. The summed E-state index contributed by atoms with van der Waals surface area (Å²) in [6, 6.07) is 5.66. The lowest BCUT2D eigenvalue weighted by molar-refractivity contribution is -0.147. The molecule has 2 saturated heterocycles. The molecule has 2 fully saturated rings. The van der Waals surface area contributed by atoms with Crippen LogP contribution in [0.3, 0.4) is 0 Å². The molecule has 0 unspecified atom stereocenters. The number of ether oxygens (including phenoxy) is 1. The monoisotopic (exact) mass is 415 g/mol. The normalized spacial score (nSPS) is 24.3. The van der Waals surface area contributed by atoms with E-state index in [1.165, 1.54) is 0 Å². The smallest absolute Gasteiger partial charge is 0.253 e. The van der Waals surface area contributed by atoms with Gasteiger partial charge in [-0.3, -0.25) is 14.8 Å². The number of sulfone groups is 1. The molecule has 1 aromatic heterocycles. The number of amides is 1. The zero-order chi connectivity index (χ0) is 20.6. The lowest BCUT2D eigenvalue weighted by Crippen LogP contribution is -2.56. The quantitative estimate of drug-likeness (QED) is 0.690. The number of nitriles is 1. The third-order valence-electron chi connectivity index (χ3n) is 5.26. The number of anilines is 1. The number of carbonyl (C=O) groups excluding carboxylic acids is 1. The molecule has 10 heteroatoms. The van der Waals surface area contributed by atoms with Gasteiger partial charge in [-0.1, -0.05) is 0 Å². The van der Waals surface area contributed by atoms with Crippen LogP contribution in [0.5, 0.6) is 0 Å². The van der Waals surface area contributed by atoms with Crippen LogP contribution >= 0.6 is 0 Å². The molecule has 4 rings (SSSR count). The van der Waals surface area contributed by atoms with Gasteiger partial charge >= 0.3 is 0 Å². The van der Waals surface area contributed by atoms with E-state index >= 15 is 0 Å². The van der Waals surface area contributed by atoms with Gasteiger partial charge in [0.2, 0.25) is 0 Å². The number of hydrogen-bond acceptors (Lipinski definition) is 8. The fraction of sp³-hybridized carbons (Fsp3) is 0.474. The van der Waals surface area contributed by atoms with Crippen molar-refractivity contribution in [3.8, 4) is 6.07 Å². The predicted molar refractivity (Wildman–Crippen MR) is 106 cm³/mol. The van der Waals surface area contributed by atoms with Gasteiger partial charge in [-0.2, -0.15) is 5.26 Å². The third kappa shape index (κ3) is 3.88. The molecule has 152 valence electrons. The Kier molecular flexibility index (Phi) is 5.10. The summed E-state index contributed by atoms with van der Waals surface area (Å²) in [7, 11) is -3.06. The van der Waals surface area contributed by atoms with E-state index in [4.69, 9.17) is 4.74 Å². The van der Waals surface area contributed by atoms with Crippen molar-refractivity contribution in [3.05, 3.63) is 30.1 Å². The van der Waals surface area contributed by atoms with Crippen LogP contribution in [0.15, 0.2) is 24.5 Å². The highest BCUT2D eigenvalue weighted by Gasteiger charge is 2.36. The zero-order valence-electron chi connectivity index (χ0n) is 16.0. The number of rotatable bonds is 2. The molecule has 0 radical (unpaired) electrons. The molecule has 9 nitrogen and oxygen atoms in total. The van der Waals surface area contributed by atoms with Crippen LogP contribution < -0.4 is 4.90 Å². The van der Waals surface area contributed by atoms with Crippen molar-refractivity contribution in [1.82, 2.24) is 14.9 Å². The first-order valence-corrected chi connectivity index (χ1v) is 11.2. The summed E-state index contributed by atoms with van der Waals surface area (Å²) >= 11 is 0. The van der Waals surface area contributed by atoms with Crippen molar-refractivity contribution in [2.75, 3.05) is 42.6 Å². The Bertz CT molecular complexity index is 1080. The molecule has 29 heavy (non-hydrogen) atoms. The maximum atomic E-state index is 13.0. The Morgan fingerprint density at radius 3 is 2.55 bits per heavy atom. The van der Waals surface area contributed by atoms with Crippen molar-refractivity contribution in [2.24, 2.45) is 0 Å². The summed E-state index contributed by atoms with van der Waals surface area (Å²) in [4.78, 5) is 25.3. The fourth-order valence-corrected chi connectivity index (χ4v) is 5.01. The van der Waals surface area contributed by atoms with Crippen molar-refractivity contribution in [1.29, 1.82) is 5.26 Å². The number of carbonyl (C=O) groups is 1. The van der Waals surface area contributed by atoms with Crippen molar-refractivity contribution in [3.63, 3.8) is 0 Å². The Hall–Kier alpha value is -2.77. The van der Waals surface area contributed by atoms with Crippen molar-refractivity contribution in [2.45, 2.75) is 19.1 Å². The summed E-state index contributed by atoms with van der Waals surface area (Å²) in [5.41, 5.74) is 2.37. The molecule has 0 saturated carbocycles. The van der Waals surface area contributed by atoms with Gasteiger partial charge in [-0.25, -0.2) is 8.42 Å². The van der Waals surface area contributed by atoms with Gasteiger partial charge in [0.15, 0.2) is 15.9 Å². The largest absolute Gasteiger partial charge is 0.364 e. The molecule has 0 aliphatic carbocycles. The highest BCUT2D eigenvalue weighted by Crippen LogP contribution is 2.29. The van der Waals surface area contributed by atoms with E-state index < -0.39 is 15.9 Å². The second kappa shape index (κ2) is 7.57. The first-order valence-electron chi connectivity index (χ1n) is 9.41. The molecule has 1 amide bonds. The molecule has 0 N–H and O–H groups in total. The van der Waals surface area contributed by atoms with Gasteiger partial charge < -0.3 is 14.5 Å². The second-order valence-electron chi connectivity index (χ2n) is 7.32. The number of fused-ring (bicyclic) bond motifs is 1.